The van der Waals surface area contributed by atoms with Gasteiger partial charge in [0.15, 0.2) is 0 Å². The Labute approximate surface area is 102 Å². The highest BCUT2D eigenvalue weighted by molar-refractivity contribution is 9.10. The van der Waals surface area contributed by atoms with Gasteiger partial charge in [0.05, 0.1) is 23.4 Å². The molecule has 0 heterocycles. The number of halogens is 1. The van der Waals surface area contributed by atoms with Crippen molar-refractivity contribution in [3.8, 4) is 6.07 Å². The first kappa shape index (κ1) is 12.5. The summed E-state index contributed by atoms with van der Waals surface area (Å²) >= 11 is 3.26. The summed E-state index contributed by atoms with van der Waals surface area (Å²) in [7, 11) is 0. The molecular weight excluding hydrogens is 272 g/mol. The predicted molar refractivity (Wildman–Crippen MR) is 64.1 cm³/mol. The first-order chi connectivity index (χ1) is 7.52. The normalized spacial score (nSPS) is 9.69. The van der Waals surface area contributed by atoms with Gasteiger partial charge in [-0.3, -0.25) is 5.32 Å². The van der Waals surface area contributed by atoms with Gasteiger partial charge in [-0.25, -0.2) is 4.79 Å². The van der Waals surface area contributed by atoms with Crippen LogP contribution in [0.4, 0.5) is 10.5 Å². The molecule has 0 saturated carbocycles. The number of anilines is 1. The van der Waals surface area contributed by atoms with E-state index < -0.39 is 6.09 Å². The number of carbonyl (C=O) groups is 1. The van der Waals surface area contributed by atoms with E-state index in [1.54, 1.807) is 32.0 Å². The molecule has 0 unspecified atom stereocenters. The molecule has 0 saturated heterocycles. The third-order valence-corrected chi connectivity index (χ3v) is 2.33. The van der Waals surface area contributed by atoms with E-state index >= 15 is 0 Å². The van der Waals surface area contributed by atoms with Gasteiger partial charge in [-0.1, -0.05) is 0 Å². The van der Waals surface area contributed by atoms with Crippen LogP contribution in [0.25, 0.3) is 0 Å². The number of carbonyl (C=O) groups excluding carboxylic acids is 1. The molecule has 1 aromatic carbocycles. The van der Waals surface area contributed by atoms with Crippen molar-refractivity contribution in [2.45, 2.75) is 20.0 Å². The van der Waals surface area contributed by atoms with Crippen molar-refractivity contribution in [1.82, 2.24) is 0 Å². The Hall–Kier alpha value is -1.54. The number of hydrogen-bond donors (Lipinski definition) is 1. The number of ether oxygens (including phenoxy) is 1. The molecule has 1 aromatic rings. The van der Waals surface area contributed by atoms with Crippen LogP contribution in [0.3, 0.4) is 0 Å². The molecule has 16 heavy (non-hydrogen) atoms. The number of rotatable bonds is 2. The Balaban J connectivity index is 2.75. The second kappa shape index (κ2) is 5.52. The van der Waals surface area contributed by atoms with E-state index in [-0.39, 0.29) is 6.10 Å². The minimum Gasteiger partial charge on any atom is -0.447 e. The number of benzene rings is 1. The summed E-state index contributed by atoms with van der Waals surface area (Å²) in [5.74, 6) is 0. The van der Waals surface area contributed by atoms with E-state index in [9.17, 15) is 4.79 Å². The fourth-order valence-electron chi connectivity index (χ4n) is 1.04. The zero-order valence-corrected chi connectivity index (χ0v) is 10.5. The first-order valence-corrected chi connectivity index (χ1v) is 5.49. The molecular formula is C11H11BrN2O2. The van der Waals surface area contributed by atoms with Crippen molar-refractivity contribution >= 4 is 27.7 Å². The molecule has 0 fully saturated rings. The zero-order valence-electron chi connectivity index (χ0n) is 8.95. The highest BCUT2D eigenvalue weighted by Crippen LogP contribution is 2.23. The molecule has 0 atom stereocenters. The smallest absolute Gasteiger partial charge is 0.411 e. The summed E-state index contributed by atoms with van der Waals surface area (Å²) in [6.07, 6.45) is -0.683. The average molecular weight is 283 g/mol. The van der Waals surface area contributed by atoms with Crippen LogP contribution in [-0.4, -0.2) is 12.2 Å². The number of amides is 1. The van der Waals surface area contributed by atoms with Crippen molar-refractivity contribution in [1.29, 1.82) is 5.26 Å². The van der Waals surface area contributed by atoms with Crippen molar-refractivity contribution in [3.63, 3.8) is 0 Å². The van der Waals surface area contributed by atoms with Crippen LogP contribution in [0.15, 0.2) is 22.7 Å². The number of nitrogens with one attached hydrogen (secondary N) is 1. The van der Waals surface area contributed by atoms with E-state index in [1.807, 2.05) is 6.07 Å². The molecule has 1 N–H and O–H groups in total. The second-order valence-electron chi connectivity index (χ2n) is 3.39. The van der Waals surface area contributed by atoms with Gasteiger partial charge in [0.2, 0.25) is 0 Å². The highest BCUT2D eigenvalue weighted by Gasteiger charge is 2.08. The molecule has 84 valence electrons. The van der Waals surface area contributed by atoms with Gasteiger partial charge in [-0.05, 0) is 48.0 Å². The molecule has 1 amide bonds. The van der Waals surface area contributed by atoms with Gasteiger partial charge in [0.25, 0.3) is 0 Å². The van der Waals surface area contributed by atoms with Crippen LogP contribution in [0.5, 0.6) is 0 Å². The van der Waals surface area contributed by atoms with Crippen LogP contribution in [0, 0.1) is 11.3 Å². The summed E-state index contributed by atoms with van der Waals surface area (Å²) in [6.45, 7) is 3.54. The maximum atomic E-state index is 11.3. The van der Waals surface area contributed by atoms with Gasteiger partial charge < -0.3 is 4.74 Å². The molecule has 0 aliphatic heterocycles. The topological polar surface area (TPSA) is 62.1 Å². The monoisotopic (exact) mass is 282 g/mol. The third kappa shape index (κ3) is 3.55. The van der Waals surface area contributed by atoms with Gasteiger partial charge in [-0.2, -0.15) is 5.26 Å². The number of nitriles is 1. The Kier molecular flexibility index (Phi) is 4.32. The molecule has 0 spiro atoms. The Morgan fingerprint density at radius 3 is 2.75 bits per heavy atom. The highest BCUT2D eigenvalue weighted by atomic mass is 79.9. The maximum absolute atomic E-state index is 11.3. The first-order valence-electron chi connectivity index (χ1n) is 4.70. The van der Waals surface area contributed by atoms with Gasteiger partial charge in [0.1, 0.15) is 0 Å². The standard InChI is InChI=1S/C11H11BrN2O2/c1-7(2)16-11(15)14-10-4-3-8(6-13)5-9(10)12/h3-5,7H,1-2H3,(H,14,15). The summed E-state index contributed by atoms with van der Waals surface area (Å²) in [4.78, 5) is 11.3. The van der Waals surface area contributed by atoms with Crippen LogP contribution in [0.2, 0.25) is 0 Å². The molecule has 0 bridgehead atoms. The minimum absolute atomic E-state index is 0.169. The minimum atomic E-state index is -0.514. The summed E-state index contributed by atoms with van der Waals surface area (Å²) in [6, 6.07) is 6.90. The fourth-order valence-corrected chi connectivity index (χ4v) is 1.52. The molecule has 0 aliphatic rings. The van der Waals surface area contributed by atoms with Crippen LogP contribution >= 0.6 is 15.9 Å². The predicted octanol–water partition coefficient (Wildman–Crippen LogP) is 3.28. The van der Waals surface area contributed by atoms with E-state index in [0.29, 0.717) is 15.7 Å². The Morgan fingerprint density at radius 2 is 2.25 bits per heavy atom. The van der Waals surface area contributed by atoms with Crippen LogP contribution < -0.4 is 5.32 Å². The summed E-state index contributed by atoms with van der Waals surface area (Å²) in [5, 5.41) is 11.2. The second-order valence-corrected chi connectivity index (χ2v) is 4.24. The van der Waals surface area contributed by atoms with E-state index in [4.69, 9.17) is 10.00 Å². The molecule has 1 rings (SSSR count). The van der Waals surface area contributed by atoms with Crippen molar-refractivity contribution in [3.05, 3.63) is 28.2 Å². The lowest BCUT2D eigenvalue weighted by Crippen LogP contribution is -2.18. The molecule has 5 heteroatoms. The van der Waals surface area contributed by atoms with Crippen molar-refractivity contribution < 1.29 is 9.53 Å². The largest absolute Gasteiger partial charge is 0.447 e. The average Bonchev–Trinajstić information content (AvgIpc) is 2.19. The maximum Gasteiger partial charge on any atom is 0.411 e. The van der Waals surface area contributed by atoms with E-state index in [2.05, 4.69) is 21.2 Å². The van der Waals surface area contributed by atoms with Gasteiger partial charge in [-0.15, -0.1) is 0 Å². The van der Waals surface area contributed by atoms with Gasteiger partial charge >= 0.3 is 6.09 Å². The van der Waals surface area contributed by atoms with Gasteiger partial charge in [0, 0.05) is 4.47 Å². The summed E-state index contributed by atoms with van der Waals surface area (Å²) < 4.78 is 5.58. The lowest BCUT2D eigenvalue weighted by atomic mass is 10.2. The zero-order chi connectivity index (χ0) is 12.1. The molecule has 0 radical (unpaired) electrons. The Bertz CT molecular complexity index is 438. The molecule has 0 aromatic heterocycles. The molecule has 4 nitrogen and oxygen atoms in total. The quantitative estimate of drug-likeness (QED) is 0.906. The lowest BCUT2D eigenvalue weighted by Gasteiger charge is -2.10. The fraction of sp³-hybridized carbons (Fsp3) is 0.273. The van der Waals surface area contributed by atoms with Crippen molar-refractivity contribution in [2.24, 2.45) is 0 Å². The SMILES string of the molecule is CC(C)OC(=O)Nc1ccc(C#N)cc1Br. The molecule has 0 aliphatic carbocycles. The van der Waals surface area contributed by atoms with E-state index in [1.165, 1.54) is 0 Å². The summed E-state index contributed by atoms with van der Waals surface area (Å²) in [5.41, 5.74) is 1.10. The van der Waals surface area contributed by atoms with E-state index in [0.717, 1.165) is 0 Å². The van der Waals surface area contributed by atoms with Crippen molar-refractivity contribution in [2.75, 3.05) is 5.32 Å². The number of nitrogens with zero attached hydrogens (tertiary/aromatic N) is 1. The third-order valence-electron chi connectivity index (χ3n) is 1.68. The van der Waals surface area contributed by atoms with Crippen LogP contribution in [0.1, 0.15) is 19.4 Å². The Morgan fingerprint density at radius 1 is 1.56 bits per heavy atom. The van der Waals surface area contributed by atoms with Crippen LogP contribution in [-0.2, 0) is 4.74 Å². The number of hydrogen-bond acceptors (Lipinski definition) is 3. The lowest BCUT2D eigenvalue weighted by molar-refractivity contribution is 0.130.